The number of nitrogens with two attached hydrogens (primary N) is 2. The number of nitrogen functional groups attached to an aromatic ring is 2. The van der Waals surface area contributed by atoms with Crippen molar-refractivity contribution >= 4 is 23.4 Å². The molecule has 0 spiro atoms. The third kappa shape index (κ3) is 2.48. The van der Waals surface area contributed by atoms with Gasteiger partial charge in [0, 0.05) is 11.8 Å². The molecule has 74 valence electrons. The number of anilines is 2. The van der Waals surface area contributed by atoms with Crippen LogP contribution in [0.2, 0.25) is 0 Å². The van der Waals surface area contributed by atoms with Gasteiger partial charge in [-0.3, -0.25) is 9.78 Å². The first-order valence-electron chi connectivity index (χ1n) is 3.98. The van der Waals surface area contributed by atoms with E-state index in [1.165, 1.54) is 18.5 Å². The summed E-state index contributed by atoms with van der Waals surface area (Å²) in [6.07, 6.45) is 6.02. The minimum absolute atomic E-state index is 0.0474. The minimum atomic E-state index is -0.892. The molecule has 1 rings (SSSR count). The van der Waals surface area contributed by atoms with Crippen molar-refractivity contribution in [2.45, 2.75) is 6.42 Å². The lowest BCUT2D eigenvalue weighted by Gasteiger charge is -2.01. The van der Waals surface area contributed by atoms with Crippen LogP contribution in [-0.4, -0.2) is 16.1 Å². The molecule has 1 heterocycles. The molecule has 5 nitrogen and oxygen atoms in total. The molecule has 14 heavy (non-hydrogen) atoms. The van der Waals surface area contributed by atoms with Crippen LogP contribution in [0.25, 0.3) is 6.08 Å². The molecule has 0 saturated heterocycles. The number of carbonyl (C=O) groups is 1. The predicted molar refractivity (Wildman–Crippen MR) is 54.3 cm³/mol. The van der Waals surface area contributed by atoms with Gasteiger partial charge in [0.1, 0.15) is 0 Å². The van der Waals surface area contributed by atoms with Crippen LogP contribution in [0.1, 0.15) is 12.0 Å². The number of carboxylic acids is 1. The first-order chi connectivity index (χ1) is 6.61. The maximum Gasteiger partial charge on any atom is 0.307 e. The van der Waals surface area contributed by atoms with Crippen molar-refractivity contribution in [3.8, 4) is 0 Å². The highest BCUT2D eigenvalue weighted by molar-refractivity contribution is 5.76. The summed E-state index contributed by atoms with van der Waals surface area (Å²) in [7, 11) is 0. The van der Waals surface area contributed by atoms with Crippen LogP contribution >= 0.6 is 0 Å². The number of carboxylic acid groups (broad SMARTS) is 1. The fourth-order valence-corrected chi connectivity index (χ4v) is 0.923. The SMILES string of the molecule is Nc1cncc(C=CCC(=O)O)c1N. The lowest BCUT2D eigenvalue weighted by atomic mass is 10.2. The summed E-state index contributed by atoms with van der Waals surface area (Å²) >= 11 is 0. The van der Waals surface area contributed by atoms with E-state index in [9.17, 15) is 4.79 Å². The molecule has 0 unspecified atom stereocenters. The van der Waals surface area contributed by atoms with Crippen molar-refractivity contribution in [2.75, 3.05) is 11.5 Å². The highest BCUT2D eigenvalue weighted by Crippen LogP contribution is 2.18. The normalized spacial score (nSPS) is 10.6. The van der Waals surface area contributed by atoms with Crippen molar-refractivity contribution in [3.63, 3.8) is 0 Å². The largest absolute Gasteiger partial charge is 0.481 e. The van der Waals surface area contributed by atoms with Crippen molar-refractivity contribution in [1.29, 1.82) is 0 Å². The van der Waals surface area contributed by atoms with Gasteiger partial charge >= 0.3 is 5.97 Å². The van der Waals surface area contributed by atoms with E-state index in [1.807, 2.05) is 0 Å². The van der Waals surface area contributed by atoms with Crippen LogP contribution in [0, 0.1) is 0 Å². The number of aromatic nitrogens is 1. The van der Waals surface area contributed by atoms with E-state index in [4.69, 9.17) is 16.6 Å². The summed E-state index contributed by atoms with van der Waals surface area (Å²) in [6.45, 7) is 0. The minimum Gasteiger partial charge on any atom is -0.481 e. The van der Waals surface area contributed by atoms with Gasteiger partial charge in [-0.1, -0.05) is 12.2 Å². The molecule has 0 atom stereocenters. The average molecular weight is 193 g/mol. The highest BCUT2D eigenvalue weighted by atomic mass is 16.4. The van der Waals surface area contributed by atoms with E-state index in [2.05, 4.69) is 4.98 Å². The van der Waals surface area contributed by atoms with Gasteiger partial charge in [-0.2, -0.15) is 0 Å². The van der Waals surface area contributed by atoms with Crippen molar-refractivity contribution in [3.05, 3.63) is 24.0 Å². The molecule has 0 saturated carbocycles. The van der Waals surface area contributed by atoms with E-state index in [1.54, 1.807) is 6.08 Å². The summed E-state index contributed by atoms with van der Waals surface area (Å²) in [6, 6.07) is 0. The molecule has 0 amide bonds. The Bertz CT molecular complexity index is 374. The molecule has 0 aliphatic heterocycles. The van der Waals surface area contributed by atoms with Gasteiger partial charge in [0.25, 0.3) is 0 Å². The molecule has 0 aliphatic carbocycles. The Labute approximate surface area is 81.1 Å². The zero-order valence-corrected chi connectivity index (χ0v) is 7.47. The van der Waals surface area contributed by atoms with Gasteiger partial charge in [0.05, 0.1) is 24.0 Å². The lowest BCUT2D eigenvalue weighted by Crippen LogP contribution is -1.98. The Kier molecular flexibility index (Phi) is 3.06. The lowest BCUT2D eigenvalue weighted by molar-refractivity contribution is -0.135. The van der Waals surface area contributed by atoms with E-state index in [0.29, 0.717) is 16.9 Å². The molecule has 5 N–H and O–H groups in total. The predicted octanol–water partition coefficient (Wildman–Crippen LogP) is 0.734. The van der Waals surface area contributed by atoms with Crippen LogP contribution in [-0.2, 0) is 4.79 Å². The summed E-state index contributed by atoms with van der Waals surface area (Å²) in [5, 5.41) is 8.39. The Balaban J connectivity index is 2.81. The van der Waals surface area contributed by atoms with Gasteiger partial charge in [0.15, 0.2) is 0 Å². The quantitative estimate of drug-likeness (QED) is 0.656. The Morgan fingerprint density at radius 1 is 1.50 bits per heavy atom. The first-order valence-corrected chi connectivity index (χ1v) is 3.98. The van der Waals surface area contributed by atoms with Gasteiger partial charge in [-0.25, -0.2) is 0 Å². The Hall–Kier alpha value is -2.04. The highest BCUT2D eigenvalue weighted by Gasteiger charge is 1.99. The molecule has 5 heteroatoms. The zero-order valence-electron chi connectivity index (χ0n) is 7.47. The van der Waals surface area contributed by atoms with Crippen LogP contribution in [0.15, 0.2) is 18.5 Å². The summed E-state index contributed by atoms with van der Waals surface area (Å²) < 4.78 is 0. The topological polar surface area (TPSA) is 102 Å². The fourth-order valence-electron chi connectivity index (χ4n) is 0.923. The Morgan fingerprint density at radius 2 is 2.21 bits per heavy atom. The monoisotopic (exact) mass is 193 g/mol. The third-order valence-corrected chi connectivity index (χ3v) is 1.64. The Morgan fingerprint density at radius 3 is 2.86 bits per heavy atom. The molecule has 1 aromatic rings. The second-order valence-electron chi connectivity index (χ2n) is 2.73. The third-order valence-electron chi connectivity index (χ3n) is 1.64. The first kappa shape index (κ1) is 10.0. The molecule has 0 radical (unpaired) electrons. The molecule has 1 aromatic heterocycles. The van der Waals surface area contributed by atoms with Crippen LogP contribution in [0.4, 0.5) is 11.4 Å². The van der Waals surface area contributed by atoms with E-state index < -0.39 is 5.97 Å². The smallest absolute Gasteiger partial charge is 0.307 e. The van der Waals surface area contributed by atoms with Crippen molar-refractivity contribution in [2.24, 2.45) is 0 Å². The number of hydrogen-bond acceptors (Lipinski definition) is 4. The van der Waals surface area contributed by atoms with Gasteiger partial charge in [0.2, 0.25) is 0 Å². The molecule has 0 aromatic carbocycles. The molecule has 0 fully saturated rings. The molecular weight excluding hydrogens is 182 g/mol. The van der Waals surface area contributed by atoms with Crippen molar-refractivity contribution < 1.29 is 9.90 Å². The number of aliphatic carboxylic acids is 1. The van der Waals surface area contributed by atoms with Gasteiger partial charge in [-0.05, 0) is 0 Å². The van der Waals surface area contributed by atoms with Gasteiger partial charge < -0.3 is 16.6 Å². The molecular formula is C9H11N3O2. The summed E-state index contributed by atoms with van der Waals surface area (Å²) in [4.78, 5) is 14.1. The number of pyridine rings is 1. The van der Waals surface area contributed by atoms with Gasteiger partial charge in [-0.15, -0.1) is 0 Å². The fraction of sp³-hybridized carbons (Fsp3) is 0.111. The maximum absolute atomic E-state index is 10.2. The number of rotatable bonds is 3. The van der Waals surface area contributed by atoms with Crippen molar-refractivity contribution in [1.82, 2.24) is 4.98 Å². The number of nitrogens with zero attached hydrogens (tertiary/aromatic N) is 1. The van der Waals surface area contributed by atoms with E-state index in [0.717, 1.165) is 0 Å². The van der Waals surface area contributed by atoms with Crippen LogP contribution in [0.5, 0.6) is 0 Å². The molecule has 0 bridgehead atoms. The van der Waals surface area contributed by atoms with Crippen LogP contribution in [0.3, 0.4) is 0 Å². The van der Waals surface area contributed by atoms with Crippen LogP contribution < -0.4 is 11.5 Å². The second kappa shape index (κ2) is 4.27. The van der Waals surface area contributed by atoms with E-state index in [-0.39, 0.29) is 6.42 Å². The summed E-state index contributed by atoms with van der Waals surface area (Å²) in [5.74, 6) is -0.892. The summed E-state index contributed by atoms with van der Waals surface area (Å²) in [5.41, 5.74) is 12.6. The maximum atomic E-state index is 10.2. The molecule has 0 aliphatic rings. The number of hydrogen-bond donors (Lipinski definition) is 3. The van der Waals surface area contributed by atoms with E-state index >= 15 is 0 Å². The second-order valence-corrected chi connectivity index (χ2v) is 2.73. The standard InChI is InChI=1S/C9H11N3O2/c10-7-5-12-4-6(9(7)11)2-1-3-8(13)14/h1-2,4-5H,3,10H2,(H2,11,12)(H,13,14). The average Bonchev–Trinajstić information content (AvgIpc) is 2.12. The zero-order chi connectivity index (χ0) is 10.6.